The van der Waals surface area contributed by atoms with Crippen molar-refractivity contribution in [2.45, 2.75) is 45.6 Å². The van der Waals surface area contributed by atoms with E-state index in [1.54, 1.807) is 6.33 Å². The maximum absolute atomic E-state index is 5.45. The first-order valence-corrected chi connectivity index (χ1v) is 7.54. The molecule has 1 aliphatic heterocycles. The first-order chi connectivity index (χ1) is 9.65. The molecule has 1 aliphatic rings. The lowest BCUT2D eigenvalue weighted by molar-refractivity contribution is 0.0853. The van der Waals surface area contributed by atoms with E-state index in [9.17, 15) is 0 Å². The maximum Gasteiger partial charge on any atom is 0.137 e. The third-order valence-corrected chi connectivity index (χ3v) is 3.86. The van der Waals surface area contributed by atoms with Crippen LogP contribution in [0.25, 0.3) is 0 Å². The molecule has 2 rings (SSSR count). The number of ether oxygens (including phenoxy) is 1. The summed E-state index contributed by atoms with van der Waals surface area (Å²) in [7, 11) is 2.14. The first-order valence-electron chi connectivity index (χ1n) is 7.54. The summed E-state index contributed by atoms with van der Waals surface area (Å²) in [5.41, 5.74) is 1.21. The molecule has 0 radical (unpaired) electrons. The highest BCUT2D eigenvalue weighted by Gasteiger charge is 2.24. The highest BCUT2D eigenvalue weighted by molar-refractivity contribution is 5.60. The van der Waals surface area contributed by atoms with Crippen molar-refractivity contribution in [2.75, 3.05) is 37.0 Å². The second-order valence-electron chi connectivity index (χ2n) is 5.60. The Hall–Kier alpha value is -1.36. The van der Waals surface area contributed by atoms with Gasteiger partial charge in [0.15, 0.2) is 0 Å². The fourth-order valence-electron chi connectivity index (χ4n) is 2.75. The van der Waals surface area contributed by atoms with Gasteiger partial charge in [-0.05, 0) is 25.7 Å². The number of hydrogen-bond donors (Lipinski definition) is 1. The van der Waals surface area contributed by atoms with Gasteiger partial charge in [0.05, 0.1) is 0 Å². The Bertz CT molecular complexity index is 430. The molecule has 0 aliphatic carbocycles. The quantitative estimate of drug-likeness (QED) is 0.897. The second kappa shape index (κ2) is 6.88. The Kier molecular flexibility index (Phi) is 5.17. The fourth-order valence-corrected chi connectivity index (χ4v) is 2.75. The van der Waals surface area contributed by atoms with Crippen LogP contribution in [-0.2, 0) is 4.74 Å². The zero-order chi connectivity index (χ0) is 14.5. The molecular formula is C15H26N4O. The van der Waals surface area contributed by atoms with Crippen molar-refractivity contribution in [2.24, 2.45) is 0 Å². The predicted octanol–water partition coefficient (Wildman–Crippen LogP) is 2.65. The molecule has 20 heavy (non-hydrogen) atoms. The standard InChI is InChI=1S/C15H26N4O/c1-5-16-14-13(11(2)3)15(18-10-17-14)19(4)12-6-8-20-9-7-12/h10-12H,5-9H2,1-4H3,(H,16,17,18). The molecule has 0 unspecified atom stereocenters. The summed E-state index contributed by atoms with van der Waals surface area (Å²) in [5, 5.41) is 3.35. The number of rotatable bonds is 5. The largest absolute Gasteiger partial charge is 0.381 e. The highest BCUT2D eigenvalue weighted by Crippen LogP contribution is 2.32. The van der Waals surface area contributed by atoms with Gasteiger partial charge in [-0.25, -0.2) is 9.97 Å². The predicted molar refractivity (Wildman–Crippen MR) is 82.5 cm³/mol. The van der Waals surface area contributed by atoms with Gasteiger partial charge in [-0.3, -0.25) is 0 Å². The van der Waals surface area contributed by atoms with E-state index in [1.807, 2.05) is 0 Å². The van der Waals surface area contributed by atoms with Crippen molar-refractivity contribution >= 4 is 11.6 Å². The van der Waals surface area contributed by atoms with Crippen molar-refractivity contribution in [1.82, 2.24) is 9.97 Å². The molecule has 1 fully saturated rings. The van der Waals surface area contributed by atoms with E-state index >= 15 is 0 Å². The minimum absolute atomic E-state index is 0.391. The van der Waals surface area contributed by atoms with Gasteiger partial charge in [0.2, 0.25) is 0 Å². The number of aromatic nitrogens is 2. The number of anilines is 2. The summed E-state index contributed by atoms with van der Waals surface area (Å²) in [6.45, 7) is 9.04. The van der Waals surface area contributed by atoms with Crippen LogP contribution in [0.3, 0.4) is 0 Å². The average Bonchev–Trinajstić information content (AvgIpc) is 2.47. The summed E-state index contributed by atoms with van der Waals surface area (Å²) in [6.07, 6.45) is 3.79. The number of nitrogens with one attached hydrogen (secondary N) is 1. The Morgan fingerprint density at radius 1 is 1.35 bits per heavy atom. The van der Waals surface area contributed by atoms with Crippen LogP contribution in [0, 0.1) is 0 Å². The van der Waals surface area contributed by atoms with Crippen molar-refractivity contribution in [3.8, 4) is 0 Å². The van der Waals surface area contributed by atoms with E-state index in [0.29, 0.717) is 12.0 Å². The molecule has 5 heteroatoms. The zero-order valence-electron chi connectivity index (χ0n) is 13.0. The van der Waals surface area contributed by atoms with Crippen molar-refractivity contribution in [3.05, 3.63) is 11.9 Å². The Morgan fingerprint density at radius 3 is 2.65 bits per heavy atom. The molecule has 0 atom stereocenters. The van der Waals surface area contributed by atoms with Crippen molar-refractivity contribution in [3.63, 3.8) is 0 Å². The van der Waals surface area contributed by atoms with E-state index in [4.69, 9.17) is 4.74 Å². The SMILES string of the molecule is CCNc1ncnc(N(C)C2CCOCC2)c1C(C)C. The van der Waals surface area contributed by atoms with Crippen molar-refractivity contribution in [1.29, 1.82) is 0 Å². The zero-order valence-corrected chi connectivity index (χ0v) is 13.0. The van der Waals surface area contributed by atoms with Gasteiger partial charge in [-0.15, -0.1) is 0 Å². The molecule has 0 bridgehead atoms. The Morgan fingerprint density at radius 2 is 2.05 bits per heavy atom. The van der Waals surface area contributed by atoms with Crippen LogP contribution in [0.15, 0.2) is 6.33 Å². The van der Waals surface area contributed by atoms with Gasteiger partial charge in [-0.2, -0.15) is 0 Å². The van der Waals surface area contributed by atoms with Crippen LogP contribution in [-0.4, -0.2) is 42.8 Å². The molecule has 1 N–H and O–H groups in total. The second-order valence-corrected chi connectivity index (χ2v) is 5.60. The highest BCUT2D eigenvalue weighted by atomic mass is 16.5. The summed E-state index contributed by atoms with van der Waals surface area (Å²) in [5.74, 6) is 2.41. The Balaban J connectivity index is 2.31. The first kappa shape index (κ1) is 15.0. The molecule has 5 nitrogen and oxygen atoms in total. The van der Waals surface area contributed by atoms with E-state index in [-0.39, 0.29) is 0 Å². The van der Waals surface area contributed by atoms with Crippen LogP contribution in [0.2, 0.25) is 0 Å². The molecule has 1 aromatic rings. The molecule has 1 aromatic heterocycles. The van der Waals surface area contributed by atoms with Gasteiger partial charge in [-0.1, -0.05) is 13.8 Å². The summed E-state index contributed by atoms with van der Waals surface area (Å²) >= 11 is 0. The summed E-state index contributed by atoms with van der Waals surface area (Å²) in [6, 6.07) is 0.505. The van der Waals surface area contributed by atoms with Crippen LogP contribution >= 0.6 is 0 Å². The van der Waals surface area contributed by atoms with Crippen molar-refractivity contribution < 1.29 is 4.74 Å². The third-order valence-electron chi connectivity index (χ3n) is 3.86. The van der Waals surface area contributed by atoms with E-state index in [2.05, 4.69) is 48.0 Å². The van der Waals surface area contributed by atoms with Crippen LogP contribution in [0.5, 0.6) is 0 Å². The van der Waals surface area contributed by atoms with Crippen LogP contribution in [0.1, 0.15) is 45.1 Å². The topological polar surface area (TPSA) is 50.3 Å². The normalized spacial score (nSPS) is 16.4. The van der Waals surface area contributed by atoms with Gasteiger partial charge >= 0.3 is 0 Å². The van der Waals surface area contributed by atoms with Crippen LogP contribution < -0.4 is 10.2 Å². The molecule has 112 valence electrons. The lowest BCUT2D eigenvalue weighted by Gasteiger charge is -2.34. The lowest BCUT2D eigenvalue weighted by atomic mass is 10.0. The fraction of sp³-hybridized carbons (Fsp3) is 0.733. The molecule has 0 spiro atoms. The van der Waals surface area contributed by atoms with Crippen LogP contribution in [0.4, 0.5) is 11.6 Å². The minimum Gasteiger partial charge on any atom is -0.381 e. The van der Waals surface area contributed by atoms with Gasteiger partial charge < -0.3 is 15.0 Å². The van der Waals surface area contributed by atoms with Gasteiger partial charge in [0.1, 0.15) is 18.0 Å². The molecule has 0 aromatic carbocycles. The number of nitrogens with zero attached hydrogens (tertiary/aromatic N) is 3. The molecule has 0 saturated carbocycles. The molecule has 2 heterocycles. The average molecular weight is 278 g/mol. The summed E-state index contributed by atoms with van der Waals surface area (Å²) < 4.78 is 5.45. The van der Waals surface area contributed by atoms with E-state index in [1.165, 1.54) is 5.56 Å². The van der Waals surface area contributed by atoms with Gasteiger partial charge in [0.25, 0.3) is 0 Å². The lowest BCUT2D eigenvalue weighted by Crippen LogP contribution is -2.38. The molecule has 1 saturated heterocycles. The monoisotopic (exact) mass is 278 g/mol. The van der Waals surface area contributed by atoms with E-state index in [0.717, 1.165) is 44.2 Å². The molecule has 0 amide bonds. The van der Waals surface area contributed by atoms with Gasteiger partial charge in [0, 0.05) is 38.4 Å². The van der Waals surface area contributed by atoms with E-state index < -0.39 is 0 Å². The smallest absolute Gasteiger partial charge is 0.137 e. The minimum atomic E-state index is 0.391. The summed E-state index contributed by atoms with van der Waals surface area (Å²) in [4.78, 5) is 11.3. The maximum atomic E-state index is 5.45. The number of hydrogen-bond acceptors (Lipinski definition) is 5. The Labute approximate surface area is 121 Å². The third kappa shape index (κ3) is 3.20. The molecular weight excluding hydrogens is 252 g/mol.